The molecule has 0 fully saturated rings. The van der Waals surface area contributed by atoms with E-state index in [1.54, 1.807) is 0 Å². The Labute approximate surface area is 72.4 Å². The molecule has 2 heteroatoms. The van der Waals surface area contributed by atoms with E-state index in [1.807, 2.05) is 13.8 Å². The van der Waals surface area contributed by atoms with Gasteiger partial charge >= 0.3 is 0 Å². The normalized spacial score (nSPS) is 37.2. The Morgan fingerprint density at radius 3 is 2.73 bits per heavy atom. The van der Waals surface area contributed by atoms with E-state index in [9.17, 15) is 4.79 Å². The van der Waals surface area contributed by atoms with Crippen molar-refractivity contribution in [3.63, 3.8) is 0 Å². The molecule has 1 aliphatic rings. The minimum absolute atomic E-state index is 0.200. The van der Waals surface area contributed by atoms with Gasteiger partial charge in [-0.3, -0.25) is 4.79 Å². The molecule has 0 amide bonds. The molecule has 1 rings (SSSR count). The van der Waals surface area contributed by atoms with E-state index >= 15 is 0 Å². The first-order valence-electron chi connectivity index (χ1n) is 3.94. The van der Waals surface area contributed by atoms with Crippen LogP contribution >= 0.6 is 11.6 Å². The molecule has 0 saturated carbocycles. The summed E-state index contributed by atoms with van der Waals surface area (Å²) in [5, 5.41) is -0.200. The highest BCUT2D eigenvalue weighted by Crippen LogP contribution is 2.38. The molecule has 0 aromatic carbocycles. The summed E-state index contributed by atoms with van der Waals surface area (Å²) in [4.78, 5) is 11.1. The topological polar surface area (TPSA) is 17.1 Å². The molecule has 62 valence electrons. The van der Waals surface area contributed by atoms with Crippen molar-refractivity contribution < 1.29 is 4.79 Å². The molecule has 0 heterocycles. The zero-order chi connectivity index (χ0) is 8.48. The fourth-order valence-corrected chi connectivity index (χ4v) is 1.67. The molecule has 0 spiro atoms. The summed E-state index contributed by atoms with van der Waals surface area (Å²) in [7, 11) is 0. The molecular weight excluding hydrogens is 160 g/mol. The first kappa shape index (κ1) is 8.79. The summed E-state index contributed by atoms with van der Waals surface area (Å²) in [5.41, 5.74) is -0.323. The van der Waals surface area contributed by atoms with E-state index in [0.29, 0.717) is 0 Å². The lowest BCUT2D eigenvalue weighted by atomic mass is 9.72. The van der Waals surface area contributed by atoms with Crippen LogP contribution in [0.4, 0.5) is 0 Å². The molecule has 2 unspecified atom stereocenters. The van der Waals surface area contributed by atoms with Gasteiger partial charge in [0, 0.05) is 5.41 Å². The highest BCUT2D eigenvalue weighted by Gasteiger charge is 2.37. The second-order valence-electron chi connectivity index (χ2n) is 3.45. The Morgan fingerprint density at radius 2 is 2.36 bits per heavy atom. The van der Waals surface area contributed by atoms with E-state index in [2.05, 4.69) is 12.2 Å². The van der Waals surface area contributed by atoms with Gasteiger partial charge in [0.1, 0.15) is 0 Å². The third-order valence-corrected chi connectivity index (χ3v) is 3.14. The van der Waals surface area contributed by atoms with Crippen molar-refractivity contribution in [3.05, 3.63) is 12.2 Å². The Hall–Kier alpha value is -0.300. The second-order valence-corrected chi connectivity index (χ2v) is 3.79. The summed E-state index contributed by atoms with van der Waals surface area (Å²) in [6, 6.07) is 0. The van der Waals surface area contributed by atoms with Gasteiger partial charge < -0.3 is 0 Å². The van der Waals surface area contributed by atoms with Crippen molar-refractivity contribution in [2.75, 3.05) is 0 Å². The van der Waals surface area contributed by atoms with E-state index in [1.165, 1.54) is 0 Å². The molecule has 0 aromatic heterocycles. The molecule has 1 nitrogen and oxygen atoms in total. The summed E-state index contributed by atoms with van der Waals surface area (Å²) in [5.74, 6) is 0.279. The fourth-order valence-electron chi connectivity index (χ4n) is 1.40. The van der Waals surface area contributed by atoms with Gasteiger partial charge in [-0.05, 0) is 30.4 Å². The SMILES string of the molecule is CC1C=CCCC1(C)C(=O)Cl. The van der Waals surface area contributed by atoms with Crippen LogP contribution in [-0.4, -0.2) is 5.24 Å². The van der Waals surface area contributed by atoms with Crippen LogP contribution in [0.3, 0.4) is 0 Å². The first-order valence-corrected chi connectivity index (χ1v) is 4.32. The van der Waals surface area contributed by atoms with E-state index in [-0.39, 0.29) is 16.6 Å². The average Bonchev–Trinajstić information content (AvgIpc) is 1.95. The molecule has 11 heavy (non-hydrogen) atoms. The van der Waals surface area contributed by atoms with Gasteiger partial charge in [0.05, 0.1) is 0 Å². The van der Waals surface area contributed by atoms with Gasteiger partial charge in [-0.1, -0.05) is 26.0 Å². The van der Waals surface area contributed by atoms with Crippen molar-refractivity contribution >= 4 is 16.8 Å². The summed E-state index contributed by atoms with van der Waals surface area (Å²) in [6.07, 6.45) is 6.04. The molecule has 0 aliphatic heterocycles. The van der Waals surface area contributed by atoms with Crippen LogP contribution < -0.4 is 0 Å². The Morgan fingerprint density at radius 1 is 1.73 bits per heavy atom. The molecule has 0 radical (unpaired) electrons. The smallest absolute Gasteiger partial charge is 0.228 e. The lowest BCUT2D eigenvalue weighted by Crippen LogP contribution is -2.32. The van der Waals surface area contributed by atoms with E-state index < -0.39 is 0 Å². The Balaban J connectivity index is 2.85. The lowest BCUT2D eigenvalue weighted by molar-refractivity contribution is -0.121. The van der Waals surface area contributed by atoms with Gasteiger partial charge in [-0.2, -0.15) is 0 Å². The number of hydrogen-bond donors (Lipinski definition) is 0. The van der Waals surface area contributed by atoms with E-state index in [4.69, 9.17) is 11.6 Å². The van der Waals surface area contributed by atoms with Crippen LogP contribution in [0, 0.1) is 11.3 Å². The van der Waals surface area contributed by atoms with Crippen LogP contribution in [-0.2, 0) is 4.79 Å². The molecule has 0 saturated heterocycles. The molecular formula is C9H13ClO. The zero-order valence-electron chi connectivity index (χ0n) is 6.93. The van der Waals surface area contributed by atoms with Crippen molar-refractivity contribution in [1.29, 1.82) is 0 Å². The number of carbonyl (C=O) groups is 1. The van der Waals surface area contributed by atoms with Crippen LogP contribution in [0.5, 0.6) is 0 Å². The number of halogens is 1. The third-order valence-electron chi connectivity index (χ3n) is 2.71. The van der Waals surface area contributed by atoms with Crippen LogP contribution in [0.1, 0.15) is 26.7 Å². The minimum Gasteiger partial charge on any atom is -0.281 e. The van der Waals surface area contributed by atoms with Gasteiger partial charge in [-0.25, -0.2) is 0 Å². The van der Waals surface area contributed by atoms with Crippen molar-refractivity contribution in [2.45, 2.75) is 26.7 Å². The summed E-state index contributed by atoms with van der Waals surface area (Å²) >= 11 is 5.52. The number of allylic oxidation sites excluding steroid dienone is 2. The number of rotatable bonds is 1. The maximum atomic E-state index is 11.1. The third kappa shape index (κ3) is 1.48. The Kier molecular flexibility index (Phi) is 2.38. The molecule has 0 aromatic rings. The number of hydrogen-bond acceptors (Lipinski definition) is 1. The van der Waals surface area contributed by atoms with Crippen molar-refractivity contribution in [1.82, 2.24) is 0 Å². The van der Waals surface area contributed by atoms with Crippen LogP contribution in [0.2, 0.25) is 0 Å². The lowest BCUT2D eigenvalue weighted by Gasteiger charge is -2.32. The maximum absolute atomic E-state index is 11.1. The summed E-state index contributed by atoms with van der Waals surface area (Å²) in [6.45, 7) is 3.98. The molecule has 2 atom stereocenters. The minimum atomic E-state index is -0.323. The van der Waals surface area contributed by atoms with Crippen LogP contribution in [0.15, 0.2) is 12.2 Å². The van der Waals surface area contributed by atoms with Gasteiger partial charge in [0.2, 0.25) is 5.24 Å². The summed E-state index contributed by atoms with van der Waals surface area (Å²) < 4.78 is 0. The van der Waals surface area contributed by atoms with Gasteiger partial charge in [-0.15, -0.1) is 0 Å². The first-order chi connectivity index (χ1) is 5.07. The largest absolute Gasteiger partial charge is 0.281 e. The second kappa shape index (κ2) is 2.98. The van der Waals surface area contributed by atoms with Gasteiger partial charge in [0.15, 0.2) is 0 Å². The molecule has 0 N–H and O–H groups in total. The van der Waals surface area contributed by atoms with Crippen molar-refractivity contribution in [2.24, 2.45) is 11.3 Å². The highest BCUT2D eigenvalue weighted by atomic mass is 35.5. The highest BCUT2D eigenvalue weighted by molar-refractivity contribution is 6.64. The number of carbonyl (C=O) groups excluding carboxylic acids is 1. The molecule has 0 bridgehead atoms. The van der Waals surface area contributed by atoms with Crippen molar-refractivity contribution in [3.8, 4) is 0 Å². The maximum Gasteiger partial charge on any atom is 0.228 e. The van der Waals surface area contributed by atoms with E-state index in [0.717, 1.165) is 12.8 Å². The average molecular weight is 173 g/mol. The monoisotopic (exact) mass is 172 g/mol. The molecule has 1 aliphatic carbocycles. The zero-order valence-corrected chi connectivity index (χ0v) is 7.69. The fraction of sp³-hybridized carbons (Fsp3) is 0.667. The predicted octanol–water partition coefficient (Wildman–Crippen LogP) is 2.74. The van der Waals surface area contributed by atoms with Gasteiger partial charge in [0.25, 0.3) is 0 Å². The predicted molar refractivity (Wildman–Crippen MR) is 46.5 cm³/mol. The quantitative estimate of drug-likeness (QED) is 0.439. The Bertz CT molecular complexity index is 198. The standard InChI is InChI=1S/C9H13ClO/c1-7-5-3-4-6-9(7,2)8(10)11/h3,5,7H,4,6H2,1-2H3. The van der Waals surface area contributed by atoms with Crippen LogP contribution in [0.25, 0.3) is 0 Å².